The fourth-order valence-corrected chi connectivity index (χ4v) is 12.3. The molecule has 0 unspecified atom stereocenters. The Kier molecular flexibility index (Phi) is 7.97. The topological polar surface area (TPSA) is 30.1 Å². The molecule has 7 aromatic carbocycles. The summed E-state index contributed by atoms with van der Waals surface area (Å²) in [6.07, 6.45) is 2.34. The second-order valence-corrected chi connectivity index (χ2v) is 23.0. The van der Waals surface area contributed by atoms with Crippen LogP contribution < -0.4 is 16.2 Å². The van der Waals surface area contributed by atoms with E-state index in [4.69, 9.17) is 4.42 Å². The number of aromatic nitrogens is 1. The monoisotopic (exact) mass is 837 g/mol. The average molecular weight is 838 g/mol. The molecular weight excluding hydrogens is 784 g/mol. The first-order valence-electron chi connectivity index (χ1n) is 22.8. The van der Waals surface area contributed by atoms with Gasteiger partial charge in [-0.1, -0.05) is 129 Å². The van der Waals surface area contributed by atoms with E-state index in [2.05, 4.69) is 202 Å². The number of nitrogens with zero attached hydrogens (tertiary/aromatic N) is 1. The SMILES string of the molecule is CC(C)(C)c1ccc(Nc2ccc(C(C)(C)C)cc2-c2c3c4c(c5cc6c(cc5n4-c4cc5c(cc4[B]3)oc3ccccc35)C(C)(C)CCC6(C)C)c3c2sc2ccccc23)cc1. The van der Waals surface area contributed by atoms with Crippen LogP contribution in [0.3, 0.4) is 0 Å². The first-order valence-corrected chi connectivity index (χ1v) is 23.6. The third kappa shape index (κ3) is 5.71. The van der Waals surface area contributed by atoms with Gasteiger partial charge in [0.1, 0.15) is 11.2 Å². The molecule has 5 heteroatoms. The minimum absolute atomic E-state index is 0.0565. The lowest BCUT2D eigenvalue weighted by atomic mass is 9.58. The summed E-state index contributed by atoms with van der Waals surface area (Å²) in [4.78, 5) is 0. The number of fused-ring (bicyclic) bond motifs is 13. The number of thiophene rings is 1. The highest BCUT2D eigenvalue weighted by Crippen LogP contribution is 2.53. The van der Waals surface area contributed by atoms with Crippen LogP contribution in [0.4, 0.5) is 11.4 Å². The molecule has 1 aliphatic heterocycles. The summed E-state index contributed by atoms with van der Waals surface area (Å²) < 4.78 is 11.9. The number of benzene rings is 7. The van der Waals surface area contributed by atoms with Gasteiger partial charge in [0.2, 0.25) is 0 Å². The minimum Gasteiger partial charge on any atom is -0.456 e. The van der Waals surface area contributed by atoms with Crippen molar-refractivity contribution in [3.63, 3.8) is 0 Å². The van der Waals surface area contributed by atoms with Crippen LogP contribution in [0.2, 0.25) is 0 Å². The fraction of sp³-hybridized carbons (Fsp3) is 0.276. The normalized spacial score (nSPS) is 15.7. The first-order chi connectivity index (χ1) is 30.0. The summed E-state index contributed by atoms with van der Waals surface area (Å²) in [5.41, 5.74) is 18.5. The summed E-state index contributed by atoms with van der Waals surface area (Å²) in [5.74, 6) is 0. The van der Waals surface area contributed by atoms with Crippen LogP contribution >= 0.6 is 11.3 Å². The number of nitrogens with one attached hydrogen (secondary N) is 1. The maximum atomic E-state index is 6.63. The Labute approximate surface area is 375 Å². The van der Waals surface area contributed by atoms with Gasteiger partial charge in [-0.25, -0.2) is 0 Å². The van der Waals surface area contributed by atoms with Crippen LogP contribution in [0.25, 0.3) is 80.7 Å². The Morgan fingerprint density at radius 2 is 1.30 bits per heavy atom. The van der Waals surface area contributed by atoms with Crippen LogP contribution in [-0.2, 0) is 21.7 Å². The number of hydrogen-bond acceptors (Lipinski definition) is 3. The highest BCUT2D eigenvalue weighted by atomic mass is 32.1. The highest BCUT2D eigenvalue weighted by Gasteiger charge is 2.39. The zero-order chi connectivity index (χ0) is 43.5. The lowest BCUT2D eigenvalue weighted by molar-refractivity contribution is 0.332. The summed E-state index contributed by atoms with van der Waals surface area (Å²) >= 11 is 1.94. The number of para-hydroxylation sites is 1. The molecule has 0 fully saturated rings. The molecule has 0 bridgehead atoms. The lowest BCUT2D eigenvalue weighted by Crippen LogP contribution is -2.37. The van der Waals surface area contributed by atoms with Crippen LogP contribution in [-0.4, -0.2) is 11.8 Å². The molecule has 4 heterocycles. The highest BCUT2D eigenvalue weighted by molar-refractivity contribution is 7.26. The van der Waals surface area contributed by atoms with Gasteiger partial charge >= 0.3 is 0 Å². The third-order valence-corrected chi connectivity index (χ3v) is 16.0. The first kappa shape index (κ1) is 38.9. The Morgan fingerprint density at radius 3 is 2.03 bits per heavy atom. The molecule has 0 atom stereocenters. The average Bonchev–Trinajstić information content (AvgIpc) is 3.91. The summed E-state index contributed by atoms with van der Waals surface area (Å²) in [6.45, 7) is 23.7. The predicted molar refractivity (Wildman–Crippen MR) is 274 cm³/mol. The molecule has 63 heavy (non-hydrogen) atoms. The summed E-state index contributed by atoms with van der Waals surface area (Å²) in [7, 11) is 2.49. The van der Waals surface area contributed by atoms with E-state index < -0.39 is 0 Å². The van der Waals surface area contributed by atoms with Crippen molar-refractivity contribution in [1.82, 2.24) is 4.57 Å². The van der Waals surface area contributed by atoms with Gasteiger partial charge in [-0.05, 0) is 128 Å². The van der Waals surface area contributed by atoms with Crippen molar-refractivity contribution in [3.8, 4) is 16.8 Å². The minimum atomic E-state index is -0.0565. The fourth-order valence-electron chi connectivity index (χ4n) is 11.0. The van der Waals surface area contributed by atoms with Gasteiger partial charge < -0.3 is 14.3 Å². The second kappa shape index (κ2) is 12.9. The standard InChI is InChI=1S/C58H54BN2OS/c1-55(2,3)32-19-22-34(23-20-32)60-43-24-21-33(56(4,5)6)27-38(43)51-52-53-49(50-36-16-12-14-18-48(36)63-54(50)51)39-28-40-41(58(9,10)26-25-57(40,7)8)30-44(39)61(53)45-29-37-35-15-11-13-17-46(35)62-47(37)31-42(45)59-52/h11-24,27-31,60H,25-26H2,1-10H3. The Bertz CT molecular complexity index is 3580. The molecule has 3 nitrogen and oxygen atoms in total. The number of furan rings is 1. The molecule has 1 radical (unpaired) electrons. The van der Waals surface area contributed by atoms with Crippen LogP contribution in [0.1, 0.15) is 104 Å². The summed E-state index contributed by atoms with van der Waals surface area (Å²) in [5, 5.41) is 11.7. The smallest absolute Gasteiger partial charge is 0.198 e. The van der Waals surface area contributed by atoms with Gasteiger partial charge in [0, 0.05) is 69.9 Å². The molecule has 2 aliphatic rings. The third-order valence-electron chi connectivity index (χ3n) is 14.8. The Morgan fingerprint density at radius 1 is 0.635 bits per heavy atom. The van der Waals surface area contributed by atoms with Gasteiger partial charge in [-0.3, -0.25) is 0 Å². The van der Waals surface area contributed by atoms with E-state index in [0.717, 1.165) is 33.3 Å². The van der Waals surface area contributed by atoms with Gasteiger partial charge in [0.05, 0.1) is 5.52 Å². The van der Waals surface area contributed by atoms with E-state index in [0.29, 0.717) is 0 Å². The summed E-state index contributed by atoms with van der Waals surface area (Å²) in [6, 6.07) is 43.7. The zero-order valence-corrected chi connectivity index (χ0v) is 39.0. The Hall–Kier alpha value is -5.78. The van der Waals surface area contributed by atoms with E-state index >= 15 is 0 Å². The van der Waals surface area contributed by atoms with Crippen LogP contribution in [0.15, 0.2) is 120 Å². The van der Waals surface area contributed by atoms with Gasteiger partial charge in [-0.2, -0.15) is 0 Å². The molecule has 1 aliphatic carbocycles. The van der Waals surface area contributed by atoms with Crippen molar-refractivity contribution in [1.29, 1.82) is 0 Å². The molecule has 0 spiro atoms. The van der Waals surface area contributed by atoms with Crippen molar-refractivity contribution in [2.45, 2.75) is 104 Å². The van der Waals surface area contributed by atoms with E-state index in [1.165, 1.54) is 105 Å². The molecule has 1 N–H and O–H groups in total. The van der Waals surface area contributed by atoms with E-state index in [1.54, 1.807) is 0 Å². The van der Waals surface area contributed by atoms with Crippen LogP contribution in [0.5, 0.6) is 0 Å². The number of anilines is 2. The molecule has 12 rings (SSSR count). The maximum absolute atomic E-state index is 6.63. The molecule has 311 valence electrons. The number of hydrogen-bond donors (Lipinski definition) is 1. The molecule has 10 aromatic rings. The Balaban J connectivity index is 1.26. The van der Waals surface area contributed by atoms with Crippen LogP contribution in [0, 0.1) is 0 Å². The van der Waals surface area contributed by atoms with Crippen molar-refractivity contribution < 1.29 is 4.42 Å². The molecule has 0 saturated heterocycles. The quantitative estimate of drug-likeness (QED) is 0.180. The maximum Gasteiger partial charge on any atom is 0.198 e. The van der Waals surface area contributed by atoms with Crippen molar-refractivity contribution in [2.75, 3.05) is 5.32 Å². The van der Waals surface area contributed by atoms with Crippen molar-refractivity contribution >= 4 is 105 Å². The van der Waals surface area contributed by atoms with Gasteiger partial charge in [-0.15, -0.1) is 11.3 Å². The molecule has 3 aromatic heterocycles. The van der Waals surface area contributed by atoms with Gasteiger partial charge in [0.15, 0.2) is 7.28 Å². The largest absolute Gasteiger partial charge is 0.456 e. The van der Waals surface area contributed by atoms with Gasteiger partial charge in [0.25, 0.3) is 0 Å². The molecule has 0 amide bonds. The van der Waals surface area contributed by atoms with E-state index in [-0.39, 0.29) is 21.7 Å². The van der Waals surface area contributed by atoms with Crippen molar-refractivity contribution in [3.05, 3.63) is 138 Å². The molecule has 0 saturated carbocycles. The molecular formula is C58H54BN2OS. The van der Waals surface area contributed by atoms with E-state index in [9.17, 15) is 0 Å². The second-order valence-electron chi connectivity index (χ2n) is 21.9. The predicted octanol–water partition coefficient (Wildman–Crippen LogP) is 15.4. The zero-order valence-electron chi connectivity index (χ0n) is 38.2. The lowest BCUT2D eigenvalue weighted by Gasteiger charge is -2.42. The number of rotatable bonds is 3. The van der Waals surface area contributed by atoms with E-state index in [1.807, 2.05) is 11.3 Å². The van der Waals surface area contributed by atoms with Crippen molar-refractivity contribution in [2.24, 2.45) is 0 Å².